The van der Waals surface area contributed by atoms with Crippen LogP contribution in [-0.4, -0.2) is 12.3 Å². The van der Waals surface area contributed by atoms with Gasteiger partial charge in [0.15, 0.2) is 0 Å². The number of hydrogen-bond acceptors (Lipinski definition) is 2. The van der Waals surface area contributed by atoms with Crippen molar-refractivity contribution < 1.29 is 4.79 Å². The number of ketones is 1. The SMILES string of the molecule is CCCC(CN)C(=O)Cc1ccccc1C. The first kappa shape index (κ1) is 12.9. The monoisotopic (exact) mass is 219 g/mol. The van der Waals surface area contributed by atoms with E-state index in [0.717, 1.165) is 18.4 Å². The van der Waals surface area contributed by atoms with Gasteiger partial charge in [-0.25, -0.2) is 0 Å². The van der Waals surface area contributed by atoms with E-state index in [1.165, 1.54) is 5.56 Å². The van der Waals surface area contributed by atoms with Gasteiger partial charge in [-0.15, -0.1) is 0 Å². The zero-order valence-electron chi connectivity index (χ0n) is 10.2. The summed E-state index contributed by atoms with van der Waals surface area (Å²) in [6.07, 6.45) is 2.44. The van der Waals surface area contributed by atoms with E-state index in [-0.39, 0.29) is 11.7 Å². The first-order valence-corrected chi connectivity index (χ1v) is 5.96. The predicted molar refractivity (Wildman–Crippen MR) is 67.3 cm³/mol. The van der Waals surface area contributed by atoms with Crippen LogP contribution in [-0.2, 0) is 11.2 Å². The molecular formula is C14H21NO. The number of aryl methyl sites for hydroxylation is 1. The molecule has 0 spiro atoms. The molecule has 0 saturated carbocycles. The third-order valence-electron chi connectivity index (χ3n) is 3.00. The summed E-state index contributed by atoms with van der Waals surface area (Å²) in [7, 11) is 0. The molecule has 88 valence electrons. The molecule has 0 bridgehead atoms. The van der Waals surface area contributed by atoms with Crippen molar-refractivity contribution in [1.82, 2.24) is 0 Å². The maximum absolute atomic E-state index is 12.0. The van der Waals surface area contributed by atoms with Crippen molar-refractivity contribution in [1.29, 1.82) is 0 Å². The molecule has 1 aromatic rings. The minimum absolute atomic E-state index is 0.0320. The van der Waals surface area contributed by atoms with Gasteiger partial charge < -0.3 is 5.73 Å². The quantitative estimate of drug-likeness (QED) is 0.798. The van der Waals surface area contributed by atoms with E-state index < -0.39 is 0 Å². The van der Waals surface area contributed by atoms with E-state index in [4.69, 9.17) is 5.73 Å². The molecule has 0 aliphatic carbocycles. The molecule has 1 aromatic carbocycles. The summed E-state index contributed by atoms with van der Waals surface area (Å²) in [4.78, 5) is 12.0. The van der Waals surface area contributed by atoms with E-state index in [9.17, 15) is 4.79 Å². The second kappa shape index (κ2) is 6.44. The summed E-state index contributed by atoms with van der Waals surface area (Å²) in [5.74, 6) is 0.309. The van der Waals surface area contributed by atoms with Gasteiger partial charge in [0.2, 0.25) is 0 Å². The highest BCUT2D eigenvalue weighted by atomic mass is 16.1. The minimum Gasteiger partial charge on any atom is -0.330 e. The third kappa shape index (κ3) is 3.46. The molecule has 1 rings (SSSR count). The van der Waals surface area contributed by atoms with Crippen LogP contribution in [0.4, 0.5) is 0 Å². The topological polar surface area (TPSA) is 43.1 Å². The second-order valence-electron chi connectivity index (χ2n) is 4.29. The molecule has 2 N–H and O–H groups in total. The number of Topliss-reactive ketones (excluding diaryl/α,β-unsaturated/α-hetero) is 1. The number of rotatable bonds is 6. The van der Waals surface area contributed by atoms with Gasteiger partial charge >= 0.3 is 0 Å². The van der Waals surface area contributed by atoms with Crippen LogP contribution in [0.1, 0.15) is 30.9 Å². The Labute approximate surface area is 97.9 Å². The predicted octanol–water partition coefficient (Wildman–Crippen LogP) is 2.48. The molecule has 0 aliphatic heterocycles. The normalized spacial score (nSPS) is 12.4. The fourth-order valence-corrected chi connectivity index (χ4v) is 1.90. The molecule has 0 saturated heterocycles. The minimum atomic E-state index is 0.0320. The summed E-state index contributed by atoms with van der Waals surface area (Å²) >= 11 is 0. The van der Waals surface area contributed by atoms with E-state index in [1.807, 2.05) is 31.2 Å². The van der Waals surface area contributed by atoms with Crippen molar-refractivity contribution in [3.8, 4) is 0 Å². The largest absolute Gasteiger partial charge is 0.330 e. The van der Waals surface area contributed by atoms with Gasteiger partial charge in [-0.3, -0.25) is 4.79 Å². The lowest BCUT2D eigenvalue weighted by Crippen LogP contribution is -2.25. The lowest BCUT2D eigenvalue weighted by molar-refractivity contribution is -0.122. The van der Waals surface area contributed by atoms with Crippen LogP contribution >= 0.6 is 0 Å². The maximum Gasteiger partial charge on any atom is 0.141 e. The molecule has 2 heteroatoms. The summed E-state index contributed by atoms with van der Waals surface area (Å²) in [5, 5.41) is 0. The molecule has 1 atom stereocenters. The Bertz CT molecular complexity index is 346. The van der Waals surface area contributed by atoms with Crippen LogP contribution in [0, 0.1) is 12.8 Å². The molecule has 0 heterocycles. The van der Waals surface area contributed by atoms with Crippen molar-refractivity contribution in [2.24, 2.45) is 11.7 Å². The standard InChI is InChI=1S/C14H21NO/c1-3-6-13(10-15)14(16)9-12-8-5-4-7-11(12)2/h4-5,7-8,13H,3,6,9-10,15H2,1-2H3. The Morgan fingerprint density at radius 1 is 1.38 bits per heavy atom. The van der Waals surface area contributed by atoms with Gasteiger partial charge in [-0.05, 0) is 24.5 Å². The van der Waals surface area contributed by atoms with Crippen LogP contribution in [0.25, 0.3) is 0 Å². The van der Waals surface area contributed by atoms with E-state index in [2.05, 4.69) is 6.92 Å². The molecule has 16 heavy (non-hydrogen) atoms. The van der Waals surface area contributed by atoms with Crippen LogP contribution < -0.4 is 5.73 Å². The summed E-state index contributed by atoms with van der Waals surface area (Å²) in [6, 6.07) is 8.04. The van der Waals surface area contributed by atoms with Crippen molar-refractivity contribution in [2.45, 2.75) is 33.1 Å². The molecule has 1 unspecified atom stereocenters. The van der Waals surface area contributed by atoms with Gasteiger partial charge in [0.1, 0.15) is 5.78 Å². The lowest BCUT2D eigenvalue weighted by atomic mass is 9.92. The molecule has 0 amide bonds. The van der Waals surface area contributed by atoms with E-state index in [1.54, 1.807) is 0 Å². The lowest BCUT2D eigenvalue weighted by Gasteiger charge is -2.13. The summed E-state index contributed by atoms with van der Waals surface area (Å²) < 4.78 is 0. The summed E-state index contributed by atoms with van der Waals surface area (Å²) in [5.41, 5.74) is 7.94. The number of carbonyl (C=O) groups is 1. The first-order valence-electron chi connectivity index (χ1n) is 5.96. The number of hydrogen-bond donors (Lipinski definition) is 1. The highest BCUT2D eigenvalue weighted by molar-refractivity contribution is 5.83. The number of benzene rings is 1. The van der Waals surface area contributed by atoms with Gasteiger partial charge in [0.05, 0.1) is 0 Å². The van der Waals surface area contributed by atoms with Crippen LogP contribution in [0.15, 0.2) is 24.3 Å². The molecule has 0 fully saturated rings. The Morgan fingerprint density at radius 2 is 2.06 bits per heavy atom. The first-order chi connectivity index (χ1) is 7.69. The van der Waals surface area contributed by atoms with Crippen LogP contribution in [0.3, 0.4) is 0 Å². The zero-order chi connectivity index (χ0) is 12.0. The number of nitrogens with two attached hydrogens (primary N) is 1. The van der Waals surface area contributed by atoms with Gasteiger partial charge in [-0.2, -0.15) is 0 Å². The zero-order valence-corrected chi connectivity index (χ0v) is 10.2. The van der Waals surface area contributed by atoms with E-state index in [0.29, 0.717) is 13.0 Å². The van der Waals surface area contributed by atoms with Crippen LogP contribution in [0.2, 0.25) is 0 Å². The van der Waals surface area contributed by atoms with Crippen molar-refractivity contribution in [2.75, 3.05) is 6.54 Å². The average molecular weight is 219 g/mol. The molecular weight excluding hydrogens is 198 g/mol. The van der Waals surface area contributed by atoms with Crippen molar-refractivity contribution >= 4 is 5.78 Å². The summed E-state index contributed by atoms with van der Waals surface area (Å²) in [6.45, 7) is 4.60. The van der Waals surface area contributed by atoms with E-state index >= 15 is 0 Å². The molecule has 0 aliphatic rings. The fraction of sp³-hybridized carbons (Fsp3) is 0.500. The third-order valence-corrected chi connectivity index (χ3v) is 3.00. The highest BCUT2D eigenvalue weighted by Crippen LogP contribution is 2.13. The maximum atomic E-state index is 12.0. The molecule has 0 radical (unpaired) electrons. The Balaban J connectivity index is 2.66. The van der Waals surface area contributed by atoms with Gasteiger partial charge in [0.25, 0.3) is 0 Å². The van der Waals surface area contributed by atoms with Crippen molar-refractivity contribution in [3.63, 3.8) is 0 Å². The number of carbonyl (C=O) groups excluding carboxylic acids is 1. The van der Waals surface area contributed by atoms with Crippen molar-refractivity contribution in [3.05, 3.63) is 35.4 Å². The Hall–Kier alpha value is -1.15. The second-order valence-corrected chi connectivity index (χ2v) is 4.29. The Kier molecular flexibility index (Phi) is 5.20. The molecule has 2 nitrogen and oxygen atoms in total. The van der Waals surface area contributed by atoms with Crippen LogP contribution in [0.5, 0.6) is 0 Å². The molecule has 0 aromatic heterocycles. The highest BCUT2D eigenvalue weighted by Gasteiger charge is 2.16. The Morgan fingerprint density at radius 3 is 2.62 bits per heavy atom. The van der Waals surface area contributed by atoms with Gasteiger partial charge in [0, 0.05) is 18.9 Å². The average Bonchev–Trinajstić information content (AvgIpc) is 2.29. The fourth-order valence-electron chi connectivity index (χ4n) is 1.90. The smallest absolute Gasteiger partial charge is 0.141 e. The van der Waals surface area contributed by atoms with Gasteiger partial charge in [-0.1, -0.05) is 37.6 Å².